The van der Waals surface area contributed by atoms with Gasteiger partial charge in [0.25, 0.3) is 0 Å². The maximum absolute atomic E-state index is 12.7. The van der Waals surface area contributed by atoms with Crippen molar-refractivity contribution in [2.24, 2.45) is 0 Å². The monoisotopic (exact) mass is 413 g/mol. The lowest BCUT2D eigenvalue weighted by atomic mass is 10.0. The van der Waals surface area contributed by atoms with E-state index in [4.69, 9.17) is 0 Å². The van der Waals surface area contributed by atoms with E-state index in [0.717, 1.165) is 35.4 Å². The summed E-state index contributed by atoms with van der Waals surface area (Å²) in [5.41, 5.74) is 2.09. The molecule has 1 aliphatic heterocycles. The molecule has 0 N–H and O–H groups in total. The molecule has 0 radical (unpaired) electrons. The quantitative estimate of drug-likeness (QED) is 0.755. The number of rotatable bonds is 5. The first kappa shape index (κ1) is 19.7. The second-order valence-corrected chi connectivity index (χ2v) is 9.84. The highest BCUT2D eigenvalue weighted by molar-refractivity contribution is 7.91. The number of nitrogens with zero attached hydrogens (tertiary/aromatic N) is 1. The first-order chi connectivity index (χ1) is 12.7. The predicted molar refractivity (Wildman–Crippen MR) is 97.4 cm³/mol. The molecule has 0 saturated heterocycles. The molecular weight excluding hydrogens is 396 g/mol. The van der Waals surface area contributed by atoms with Gasteiger partial charge in [0, 0.05) is 13.1 Å². The van der Waals surface area contributed by atoms with E-state index >= 15 is 0 Å². The fourth-order valence-electron chi connectivity index (χ4n) is 2.84. The summed E-state index contributed by atoms with van der Waals surface area (Å²) in [5.74, 6) is -3.55. The zero-order valence-corrected chi connectivity index (χ0v) is 15.8. The van der Waals surface area contributed by atoms with Gasteiger partial charge >= 0.3 is 5.76 Å². The highest BCUT2D eigenvalue weighted by atomic mass is 32.2. The number of hydrogen-bond acceptors (Lipinski definition) is 4. The number of benzene rings is 2. The van der Waals surface area contributed by atoms with Gasteiger partial charge in [0.15, 0.2) is 0 Å². The molecule has 0 fully saturated rings. The summed E-state index contributed by atoms with van der Waals surface area (Å²) in [6.45, 7) is 0.462. The molecular formula is C18H17F2NO4S2. The van der Waals surface area contributed by atoms with Crippen molar-refractivity contribution in [3.05, 3.63) is 66.2 Å². The Morgan fingerprint density at radius 2 is 1.44 bits per heavy atom. The topological polar surface area (TPSA) is 71.5 Å². The summed E-state index contributed by atoms with van der Waals surface area (Å²) in [5, 5.41) is 0. The van der Waals surface area contributed by atoms with E-state index in [1.54, 1.807) is 0 Å². The van der Waals surface area contributed by atoms with E-state index in [-0.39, 0.29) is 18.0 Å². The number of sulfone groups is 1. The van der Waals surface area contributed by atoms with Gasteiger partial charge in [-0.1, -0.05) is 36.4 Å². The molecule has 27 heavy (non-hydrogen) atoms. The molecule has 1 aliphatic rings. The van der Waals surface area contributed by atoms with Crippen LogP contribution in [-0.2, 0) is 19.9 Å². The van der Waals surface area contributed by atoms with Crippen LogP contribution in [-0.4, -0.2) is 40.0 Å². The first-order valence-electron chi connectivity index (χ1n) is 8.09. The minimum Gasteiger partial charge on any atom is -0.218 e. The van der Waals surface area contributed by atoms with Gasteiger partial charge in [-0.05, 0) is 41.8 Å². The lowest BCUT2D eigenvalue weighted by molar-refractivity contribution is 0.234. The Morgan fingerprint density at radius 1 is 0.852 bits per heavy atom. The van der Waals surface area contributed by atoms with Gasteiger partial charge in [0.2, 0.25) is 19.9 Å². The average molecular weight is 413 g/mol. The van der Waals surface area contributed by atoms with Crippen molar-refractivity contribution in [2.45, 2.75) is 22.0 Å². The van der Waals surface area contributed by atoms with Gasteiger partial charge in [-0.25, -0.2) is 16.8 Å². The van der Waals surface area contributed by atoms with Crippen molar-refractivity contribution in [3.8, 4) is 0 Å². The lowest BCUT2D eigenvalue weighted by Crippen LogP contribution is -2.34. The van der Waals surface area contributed by atoms with Gasteiger partial charge in [-0.2, -0.15) is 13.1 Å². The molecule has 0 saturated carbocycles. The van der Waals surface area contributed by atoms with Crippen LogP contribution >= 0.6 is 0 Å². The third-order valence-electron chi connectivity index (χ3n) is 4.34. The van der Waals surface area contributed by atoms with Crippen molar-refractivity contribution in [1.82, 2.24) is 4.31 Å². The van der Waals surface area contributed by atoms with Gasteiger partial charge in [-0.3, -0.25) is 0 Å². The maximum Gasteiger partial charge on any atom is 0.341 e. The SMILES string of the molecule is O=S(=O)(c1ccc(S(=O)(=O)N2CC=C(c3ccccc3)CC2)cc1)C(F)F. The Hall–Kier alpha value is -2.10. The number of alkyl halides is 2. The van der Waals surface area contributed by atoms with Crippen LogP contribution in [0.15, 0.2) is 70.5 Å². The second kappa shape index (κ2) is 7.49. The van der Waals surface area contributed by atoms with E-state index < -0.39 is 30.5 Å². The van der Waals surface area contributed by atoms with Gasteiger partial charge in [0.05, 0.1) is 9.79 Å². The molecule has 2 aromatic carbocycles. The minimum atomic E-state index is -4.75. The largest absolute Gasteiger partial charge is 0.341 e. The lowest BCUT2D eigenvalue weighted by Gasteiger charge is -2.26. The van der Waals surface area contributed by atoms with Gasteiger partial charge in [0.1, 0.15) is 0 Å². The zero-order chi connectivity index (χ0) is 19.7. The normalized spacial score (nSPS) is 16.3. The Balaban J connectivity index is 1.81. The van der Waals surface area contributed by atoms with Crippen LogP contribution in [0, 0.1) is 0 Å². The predicted octanol–water partition coefficient (Wildman–Crippen LogP) is 3.16. The summed E-state index contributed by atoms with van der Waals surface area (Å²) in [7, 11) is -8.60. The maximum atomic E-state index is 12.7. The molecule has 5 nitrogen and oxygen atoms in total. The molecule has 144 valence electrons. The van der Waals surface area contributed by atoms with Gasteiger partial charge in [-0.15, -0.1) is 0 Å². The smallest absolute Gasteiger partial charge is 0.218 e. The molecule has 1 heterocycles. The van der Waals surface area contributed by atoms with Crippen molar-refractivity contribution in [1.29, 1.82) is 0 Å². The first-order valence-corrected chi connectivity index (χ1v) is 11.1. The number of hydrogen-bond donors (Lipinski definition) is 0. The van der Waals surface area contributed by atoms with E-state index in [9.17, 15) is 25.6 Å². The molecule has 2 aromatic rings. The molecule has 9 heteroatoms. The Morgan fingerprint density at radius 3 is 1.96 bits per heavy atom. The van der Waals surface area contributed by atoms with Crippen LogP contribution in [0.25, 0.3) is 5.57 Å². The highest BCUT2D eigenvalue weighted by Crippen LogP contribution is 2.27. The van der Waals surface area contributed by atoms with E-state index in [0.29, 0.717) is 6.42 Å². The zero-order valence-electron chi connectivity index (χ0n) is 14.1. The summed E-state index contributed by atoms with van der Waals surface area (Å²) < 4.78 is 74.8. The third kappa shape index (κ3) is 3.95. The van der Waals surface area contributed by atoms with Crippen molar-refractivity contribution in [3.63, 3.8) is 0 Å². The van der Waals surface area contributed by atoms with Crippen LogP contribution in [0.3, 0.4) is 0 Å². The fraction of sp³-hybridized carbons (Fsp3) is 0.222. The minimum absolute atomic E-state index is 0.132. The van der Waals surface area contributed by atoms with Crippen molar-refractivity contribution < 1.29 is 25.6 Å². The Bertz CT molecular complexity index is 1050. The van der Waals surface area contributed by atoms with E-state index in [2.05, 4.69) is 0 Å². The van der Waals surface area contributed by atoms with Crippen LogP contribution in [0.2, 0.25) is 0 Å². The Labute approximate surface area is 156 Å². The van der Waals surface area contributed by atoms with Crippen LogP contribution in [0.5, 0.6) is 0 Å². The summed E-state index contributed by atoms with van der Waals surface area (Å²) in [6.07, 6.45) is 2.38. The molecule has 0 aliphatic carbocycles. The van der Waals surface area contributed by atoms with E-state index in [1.807, 2.05) is 36.4 Å². The van der Waals surface area contributed by atoms with Crippen LogP contribution in [0.1, 0.15) is 12.0 Å². The standard InChI is InChI=1S/C18H17F2NO4S2/c19-18(20)26(22,23)16-6-8-17(9-7-16)27(24,25)21-12-10-15(11-13-21)14-4-2-1-3-5-14/h1-10,18H,11-13H2. The second-order valence-electron chi connectivity index (χ2n) is 5.99. The van der Waals surface area contributed by atoms with Crippen LogP contribution in [0.4, 0.5) is 8.78 Å². The summed E-state index contributed by atoms with van der Waals surface area (Å²) in [6, 6.07) is 13.5. The molecule has 0 amide bonds. The molecule has 3 rings (SSSR count). The van der Waals surface area contributed by atoms with Crippen molar-refractivity contribution in [2.75, 3.05) is 13.1 Å². The van der Waals surface area contributed by atoms with Gasteiger partial charge < -0.3 is 0 Å². The summed E-state index contributed by atoms with van der Waals surface area (Å²) >= 11 is 0. The average Bonchev–Trinajstić information content (AvgIpc) is 2.68. The number of halogens is 2. The molecule has 0 unspecified atom stereocenters. The van der Waals surface area contributed by atoms with Crippen LogP contribution < -0.4 is 0 Å². The Kier molecular flexibility index (Phi) is 5.45. The molecule has 0 bridgehead atoms. The van der Waals surface area contributed by atoms with E-state index in [1.165, 1.54) is 4.31 Å². The highest BCUT2D eigenvalue weighted by Gasteiger charge is 2.29. The third-order valence-corrected chi connectivity index (χ3v) is 7.62. The van der Waals surface area contributed by atoms with Crippen molar-refractivity contribution >= 4 is 25.4 Å². The molecule has 0 spiro atoms. The number of sulfonamides is 1. The molecule has 0 aromatic heterocycles. The molecule has 0 atom stereocenters. The fourth-order valence-corrected chi connectivity index (χ4v) is 4.94. The summed E-state index contributed by atoms with van der Waals surface area (Å²) in [4.78, 5) is -0.742.